The van der Waals surface area contributed by atoms with Gasteiger partial charge in [0.05, 0.1) is 18.8 Å². The number of rotatable bonds is 5. The fourth-order valence-electron chi connectivity index (χ4n) is 2.62. The highest BCUT2D eigenvalue weighted by molar-refractivity contribution is 6.17. The van der Waals surface area contributed by atoms with Crippen LogP contribution in [0.5, 0.6) is 5.75 Å². The largest absolute Gasteiger partial charge is 0.494 e. The van der Waals surface area contributed by atoms with Crippen LogP contribution in [0, 0.1) is 0 Å². The minimum absolute atomic E-state index is 0.187. The van der Waals surface area contributed by atoms with Crippen LogP contribution in [0.1, 0.15) is 37.8 Å². The summed E-state index contributed by atoms with van der Waals surface area (Å²) in [7, 11) is 0. The summed E-state index contributed by atoms with van der Waals surface area (Å²) in [4.78, 5) is 0. The van der Waals surface area contributed by atoms with Gasteiger partial charge in [0, 0.05) is 5.88 Å². The van der Waals surface area contributed by atoms with Crippen LogP contribution in [-0.4, -0.2) is 19.1 Å². The summed E-state index contributed by atoms with van der Waals surface area (Å²) in [5, 5.41) is 0. The average Bonchev–Trinajstić information content (AvgIpc) is 2.37. The smallest absolute Gasteiger partial charge is 0.119 e. The first-order valence-electron chi connectivity index (χ1n) is 6.66. The predicted molar refractivity (Wildman–Crippen MR) is 74.6 cm³/mol. The first-order valence-corrected chi connectivity index (χ1v) is 7.19. The van der Waals surface area contributed by atoms with E-state index in [2.05, 4.69) is 19.1 Å². The molecule has 18 heavy (non-hydrogen) atoms. The Kier molecular flexibility index (Phi) is 4.52. The summed E-state index contributed by atoms with van der Waals surface area (Å²) >= 11 is 5.80. The molecule has 1 heterocycles. The molecule has 1 aliphatic rings. The van der Waals surface area contributed by atoms with Gasteiger partial charge in [0.1, 0.15) is 5.75 Å². The van der Waals surface area contributed by atoms with E-state index in [0.717, 1.165) is 31.6 Å². The second kappa shape index (κ2) is 5.94. The molecule has 2 rings (SSSR count). The molecule has 3 heteroatoms. The molecule has 0 saturated heterocycles. The molecule has 0 saturated carbocycles. The molecular formula is C15H21ClO2. The summed E-state index contributed by atoms with van der Waals surface area (Å²) in [6, 6.07) is 6.34. The van der Waals surface area contributed by atoms with E-state index in [1.54, 1.807) is 0 Å². The lowest BCUT2D eigenvalue weighted by atomic mass is 9.84. The van der Waals surface area contributed by atoms with Gasteiger partial charge >= 0.3 is 0 Å². The van der Waals surface area contributed by atoms with Crippen LogP contribution in [0.3, 0.4) is 0 Å². The molecule has 1 aromatic carbocycles. The zero-order chi connectivity index (χ0) is 13.0. The van der Waals surface area contributed by atoms with E-state index < -0.39 is 0 Å². The Bertz CT molecular complexity index is 405. The Morgan fingerprint density at radius 1 is 1.44 bits per heavy atom. The van der Waals surface area contributed by atoms with Crippen LogP contribution in [0.25, 0.3) is 0 Å². The maximum Gasteiger partial charge on any atom is 0.119 e. The van der Waals surface area contributed by atoms with Crippen molar-refractivity contribution in [3.8, 4) is 5.75 Å². The lowest BCUT2D eigenvalue weighted by Gasteiger charge is -2.36. The topological polar surface area (TPSA) is 18.5 Å². The normalized spacial score (nSPS) is 22.6. The minimum Gasteiger partial charge on any atom is -0.494 e. The van der Waals surface area contributed by atoms with Gasteiger partial charge in [-0.1, -0.05) is 6.07 Å². The fraction of sp³-hybridized carbons (Fsp3) is 0.600. The Labute approximate surface area is 114 Å². The molecule has 1 atom stereocenters. The van der Waals surface area contributed by atoms with Gasteiger partial charge in [0.25, 0.3) is 0 Å². The maximum absolute atomic E-state index is 5.99. The molecule has 1 unspecified atom stereocenters. The van der Waals surface area contributed by atoms with Crippen LogP contribution >= 0.6 is 11.6 Å². The fourth-order valence-corrected chi connectivity index (χ4v) is 2.76. The van der Waals surface area contributed by atoms with E-state index in [0.29, 0.717) is 12.5 Å². The Morgan fingerprint density at radius 3 is 3.00 bits per heavy atom. The summed E-state index contributed by atoms with van der Waals surface area (Å²) < 4.78 is 11.6. The second-order valence-corrected chi connectivity index (χ2v) is 5.25. The second-order valence-electron chi connectivity index (χ2n) is 4.87. The van der Waals surface area contributed by atoms with Gasteiger partial charge in [-0.2, -0.15) is 0 Å². The molecule has 0 aromatic heterocycles. The molecule has 0 radical (unpaired) electrons. The number of halogens is 1. The summed E-state index contributed by atoms with van der Waals surface area (Å²) in [5.41, 5.74) is 2.46. The van der Waals surface area contributed by atoms with E-state index in [1.807, 2.05) is 13.0 Å². The van der Waals surface area contributed by atoms with Gasteiger partial charge in [-0.25, -0.2) is 0 Å². The SMILES string of the molecule is CCOc1ccc2c(c1)CCOC2(C)CCCCl. The molecule has 0 fully saturated rings. The average molecular weight is 269 g/mol. The number of hydrogen-bond acceptors (Lipinski definition) is 2. The van der Waals surface area contributed by atoms with Crippen molar-refractivity contribution in [1.82, 2.24) is 0 Å². The molecule has 0 bridgehead atoms. The van der Waals surface area contributed by atoms with Crippen molar-refractivity contribution in [3.05, 3.63) is 29.3 Å². The number of ether oxygens (including phenoxy) is 2. The van der Waals surface area contributed by atoms with Gasteiger partial charge in [0.15, 0.2) is 0 Å². The van der Waals surface area contributed by atoms with E-state index in [-0.39, 0.29) is 5.60 Å². The van der Waals surface area contributed by atoms with Crippen LogP contribution < -0.4 is 4.74 Å². The Balaban J connectivity index is 2.26. The number of alkyl halides is 1. The molecule has 2 nitrogen and oxygen atoms in total. The Morgan fingerprint density at radius 2 is 2.28 bits per heavy atom. The highest BCUT2D eigenvalue weighted by atomic mass is 35.5. The minimum atomic E-state index is -0.187. The summed E-state index contributed by atoms with van der Waals surface area (Å²) in [5.74, 6) is 1.64. The zero-order valence-electron chi connectivity index (χ0n) is 11.2. The van der Waals surface area contributed by atoms with Crippen molar-refractivity contribution in [1.29, 1.82) is 0 Å². The van der Waals surface area contributed by atoms with Gasteiger partial charge in [-0.15, -0.1) is 11.6 Å². The van der Waals surface area contributed by atoms with Crippen LogP contribution in [0.15, 0.2) is 18.2 Å². The highest BCUT2D eigenvalue weighted by Crippen LogP contribution is 2.38. The van der Waals surface area contributed by atoms with Crippen molar-refractivity contribution in [2.45, 2.75) is 38.7 Å². The molecule has 0 N–H and O–H groups in total. The van der Waals surface area contributed by atoms with Crippen molar-refractivity contribution < 1.29 is 9.47 Å². The zero-order valence-corrected chi connectivity index (χ0v) is 11.9. The molecule has 0 spiro atoms. The molecule has 1 aromatic rings. The molecule has 0 aliphatic carbocycles. The first-order chi connectivity index (χ1) is 8.69. The number of benzene rings is 1. The summed E-state index contributed by atoms with van der Waals surface area (Å²) in [6.07, 6.45) is 2.91. The third kappa shape index (κ3) is 2.81. The predicted octanol–water partition coefficient (Wildman–Crippen LogP) is 3.89. The summed E-state index contributed by atoms with van der Waals surface area (Å²) in [6.45, 7) is 5.66. The monoisotopic (exact) mass is 268 g/mol. The third-order valence-corrected chi connectivity index (χ3v) is 3.80. The first kappa shape index (κ1) is 13.7. The number of fused-ring (bicyclic) bond motifs is 1. The van der Waals surface area contributed by atoms with Crippen LogP contribution in [0.4, 0.5) is 0 Å². The van der Waals surface area contributed by atoms with Gasteiger partial charge in [-0.3, -0.25) is 0 Å². The third-order valence-electron chi connectivity index (χ3n) is 3.54. The molecule has 0 amide bonds. The lowest BCUT2D eigenvalue weighted by molar-refractivity contribution is -0.0525. The van der Waals surface area contributed by atoms with Crippen molar-refractivity contribution in [3.63, 3.8) is 0 Å². The molecule has 100 valence electrons. The lowest BCUT2D eigenvalue weighted by Crippen LogP contribution is -2.32. The van der Waals surface area contributed by atoms with E-state index in [4.69, 9.17) is 21.1 Å². The van der Waals surface area contributed by atoms with Gasteiger partial charge in [0.2, 0.25) is 0 Å². The standard InChI is InChI=1S/C15H21ClO2/c1-3-17-13-5-6-14-12(11-13)7-10-18-15(14,2)8-4-9-16/h5-6,11H,3-4,7-10H2,1-2H3. The van der Waals surface area contributed by atoms with Gasteiger partial charge < -0.3 is 9.47 Å². The molecule has 1 aliphatic heterocycles. The van der Waals surface area contributed by atoms with Crippen LogP contribution in [0.2, 0.25) is 0 Å². The van der Waals surface area contributed by atoms with Gasteiger partial charge in [-0.05, 0) is 56.4 Å². The van der Waals surface area contributed by atoms with E-state index >= 15 is 0 Å². The quantitative estimate of drug-likeness (QED) is 0.755. The highest BCUT2D eigenvalue weighted by Gasteiger charge is 2.32. The van der Waals surface area contributed by atoms with Crippen molar-refractivity contribution in [2.24, 2.45) is 0 Å². The van der Waals surface area contributed by atoms with Crippen molar-refractivity contribution in [2.75, 3.05) is 19.1 Å². The Hall–Kier alpha value is -0.730. The number of hydrogen-bond donors (Lipinski definition) is 0. The van der Waals surface area contributed by atoms with E-state index in [1.165, 1.54) is 11.1 Å². The molecular weight excluding hydrogens is 248 g/mol. The van der Waals surface area contributed by atoms with Crippen molar-refractivity contribution >= 4 is 11.6 Å². The van der Waals surface area contributed by atoms with E-state index in [9.17, 15) is 0 Å². The maximum atomic E-state index is 5.99. The van der Waals surface area contributed by atoms with Crippen LogP contribution in [-0.2, 0) is 16.8 Å².